The Morgan fingerprint density at radius 3 is 2.30 bits per heavy atom. The fourth-order valence-corrected chi connectivity index (χ4v) is 5.90. The van der Waals surface area contributed by atoms with Gasteiger partial charge in [-0.25, -0.2) is 13.1 Å². The molecule has 1 saturated carbocycles. The number of rotatable bonds is 6. The van der Waals surface area contributed by atoms with Gasteiger partial charge in [0.05, 0.1) is 4.90 Å². The second-order valence-corrected chi connectivity index (χ2v) is 10.4. The Bertz CT molecular complexity index is 1300. The highest BCUT2D eigenvalue weighted by molar-refractivity contribution is 7.89. The van der Waals surface area contributed by atoms with Crippen LogP contribution in [0.15, 0.2) is 77.2 Å². The Morgan fingerprint density at radius 2 is 1.58 bits per heavy atom. The van der Waals surface area contributed by atoms with Crippen molar-refractivity contribution in [3.05, 3.63) is 83.4 Å². The zero-order valence-electron chi connectivity index (χ0n) is 19.1. The van der Waals surface area contributed by atoms with Gasteiger partial charge in [0.25, 0.3) is 5.91 Å². The zero-order valence-corrected chi connectivity index (χ0v) is 19.9. The molecule has 1 atom stereocenters. The zero-order chi connectivity index (χ0) is 23.4. The first-order chi connectivity index (χ1) is 15.8. The van der Waals surface area contributed by atoms with Crippen LogP contribution in [0.5, 0.6) is 0 Å². The Labute approximate surface area is 196 Å². The van der Waals surface area contributed by atoms with E-state index < -0.39 is 10.0 Å². The number of anilines is 1. The third kappa shape index (κ3) is 5.34. The van der Waals surface area contributed by atoms with E-state index in [4.69, 9.17) is 0 Å². The number of fused-ring (bicyclic) bond motifs is 1. The summed E-state index contributed by atoms with van der Waals surface area (Å²) < 4.78 is 29.4. The van der Waals surface area contributed by atoms with Crippen LogP contribution in [0.25, 0.3) is 10.8 Å². The number of amides is 1. The van der Waals surface area contributed by atoms with Gasteiger partial charge in [0, 0.05) is 28.1 Å². The minimum Gasteiger partial charge on any atom is -0.321 e. The Kier molecular flexibility index (Phi) is 6.96. The Morgan fingerprint density at radius 1 is 0.909 bits per heavy atom. The van der Waals surface area contributed by atoms with Gasteiger partial charge in [0.1, 0.15) is 0 Å². The molecule has 0 heterocycles. The van der Waals surface area contributed by atoms with Crippen molar-refractivity contribution < 1.29 is 13.2 Å². The molecule has 0 aliphatic heterocycles. The molecular formula is C27H30N2O3S. The molecule has 1 aliphatic carbocycles. The average molecular weight is 463 g/mol. The lowest BCUT2D eigenvalue weighted by molar-refractivity contribution is 0.102. The second-order valence-electron chi connectivity index (χ2n) is 8.72. The summed E-state index contributed by atoms with van der Waals surface area (Å²) in [5.74, 6) is -0.222. The summed E-state index contributed by atoms with van der Waals surface area (Å²) in [6, 6.07) is 17.6. The van der Waals surface area contributed by atoms with E-state index in [1.54, 1.807) is 24.3 Å². The molecule has 3 aromatic rings. The number of hydrogen-bond acceptors (Lipinski definition) is 3. The number of benzene rings is 3. The van der Waals surface area contributed by atoms with Gasteiger partial charge in [0.15, 0.2) is 0 Å². The number of allylic oxidation sites excluding steroid dienone is 1. The Hall–Kier alpha value is -2.96. The van der Waals surface area contributed by atoms with Crippen LogP contribution < -0.4 is 10.0 Å². The standard InChI is InChI=1S/C27H30N2O3S/c1-19-10-6-7-13-22(19)27(30)28-25-16-17-26(24-15-9-8-14-23(24)25)33(31,32)29-20(2)18-21-11-4-3-5-12-21/h6-10,13-18,20,29H,3-5,11-12H2,1-2H3,(H,28,30). The van der Waals surface area contributed by atoms with Crippen LogP contribution in [0.4, 0.5) is 5.69 Å². The Balaban J connectivity index is 1.63. The highest BCUT2D eigenvalue weighted by atomic mass is 32.2. The maximum atomic E-state index is 13.3. The predicted octanol–water partition coefficient (Wildman–Crippen LogP) is 5.96. The topological polar surface area (TPSA) is 75.3 Å². The summed E-state index contributed by atoms with van der Waals surface area (Å²) >= 11 is 0. The molecule has 3 aromatic carbocycles. The van der Waals surface area contributed by atoms with Crippen molar-refractivity contribution in [2.24, 2.45) is 0 Å². The smallest absolute Gasteiger partial charge is 0.255 e. The van der Waals surface area contributed by atoms with Crippen molar-refractivity contribution in [3.8, 4) is 0 Å². The van der Waals surface area contributed by atoms with E-state index in [9.17, 15) is 13.2 Å². The third-order valence-corrected chi connectivity index (χ3v) is 7.75. The van der Waals surface area contributed by atoms with Crippen molar-refractivity contribution in [2.75, 3.05) is 5.32 Å². The molecule has 0 spiro atoms. The molecule has 1 aliphatic rings. The average Bonchev–Trinajstić information content (AvgIpc) is 2.79. The van der Waals surface area contributed by atoms with E-state index in [1.807, 2.05) is 50.2 Å². The van der Waals surface area contributed by atoms with Gasteiger partial charge >= 0.3 is 0 Å². The van der Waals surface area contributed by atoms with Gasteiger partial charge in [-0.05, 0) is 63.3 Å². The van der Waals surface area contributed by atoms with Gasteiger partial charge in [-0.15, -0.1) is 0 Å². The molecule has 0 aromatic heterocycles. The summed E-state index contributed by atoms with van der Waals surface area (Å²) in [5, 5.41) is 4.21. The molecule has 6 heteroatoms. The van der Waals surface area contributed by atoms with E-state index in [2.05, 4.69) is 16.1 Å². The third-order valence-electron chi connectivity index (χ3n) is 6.13. The quantitative estimate of drug-likeness (QED) is 0.444. The number of nitrogens with one attached hydrogen (secondary N) is 2. The second kappa shape index (κ2) is 9.89. The van der Waals surface area contributed by atoms with E-state index in [1.165, 1.54) is 24.8 Å². The van der Waals surface area contributed by atoms with Crippen LogP contribution in [0.2, 0.25) is 0 Å². The molecule has 172 valence electrons. The SMILES string of the molecule is Cc1ccccc1C(=O)Nc1ccc(S(=O)(=O)NC(C)C=C2CCCCC2)c2ccccc12. The van der Waals surface area contributed by atoms with E-state index in [0.29, 0.717) is 22.0 Å². The monoisotopic (exact) mass is 462 g/mol. The van der Waals surface area contributed by atoms with Crippen molar-refractivity contribution >= 4 is 32.4 Å². The predicted molar refractivity (Wildman–Crippen MR) is 134 cm³/mol. The van der Waals surface area contributed by atoms with E-state index >= 15 is 0 Å². The van der Waals surface area contributed by atoms with E-state index in [-0.39, 0.29) is 16.8 Å². The molecule has 1 unspecified atom stereocenters. The highest BCUT2D eigenvalue weighted by Gasteiger charge is 2.21. The van der Waals surface area contributed by atoms with Crippen LogP contribution in [0.3, 0.4) is 0 Å². The summed E-state index contributed by atoms with van der Waals surface area (Å²) in [7, 11) is -3.75. The van der Waals surface area contributed by atoms with Gasteiger partial charge in [-0.1, -0.05) is 60.5 Å². The molecule has 0 bridgehead atoms. The summed E-state index contributed by atoms with van der Waals surface area (Å²) in [5.41, 5.74) is 3.37. The van der Waals surface area contributed by atoms with Crippen molar-refractivity contribution in [2.45, 2.75) is 56.9 Å². The number of carbonyl (C=O) groups is 1. The van der Waals surface area contributed by atoms with Gasteiger partial charge in [0.2, 0.25) is 10.0 Å². The van der Waals surface area contributed by atoms with Crippen LogP contribution in [0, 0.1) is 6.92 Å². The van der Waals surface area contributed by atoms with E-state index in [0.717, 1.165) is 18.4 Å². The van der Waals surface area contributed by atoms with Crippen LogP contribution in [0.1, 0.15) is 54.9 Å². The molecule has 5 nitrogen and oxygen atoms in total. The molecular weight excluding hydrogens is 432 g/mol. The molecule has 4 rings (SSSR count). The lowest BCUT2D eigenvalue weighted by atomic mass is 9.94. The normalized spacial score (nSPS) is 15.3. The first-order valence-corrected chi connectivity index (χ1v) is 12.9. The number of aryl methyl sites for hydroxylation is 1. The number of hydrogen-bond donors (Lipinski definition) is 2. The molecule has 0 radical (unpaired) electrons. The van der Waals surface area contributed by atoms with Gasteiger partial charge < -0.3 is 5.32 Å². The molecule has 2 N–H and O–H groups in total. The van der Waals surface area contributed by atoms with Crippen LogP contribution in [-0.2, 0) is 10.0 Å². The lowest BCUT2D eigenvalue weighted by Crippen LogP contribution is -2.31. The van der Waals surface area contributed by atoms with Crippen molar-refractivity contribution in [3.63, 3.8) is 0 Å². The molecule has 0 saturated heterocycles. The van der Waals surface area contributed by atoms with Crippen LogP contribution in [-0.4, -0.2) is 20.4 Å². The van der Waals surface area contributed by atoms with Gasteiger partial charge in [-0.2, -0.15) is 0 Å². The fraction of sp³-hybridized carbons (Fsp3) is 0.296. The van der Waals surface area contributed by atoms with Crippen LogP contribution >= 0.6 is 0 Å². The number of sulfonamides is 1. The lowest BCUT2D eigenvalue weighted by Gasteiger charge is -2.18. The summed E-state index contributed by atoms with van der Waals surface area (Å²) in [6.45, 7) is 3.76. The van der Waals surface area contributed by atoms with Crippen molar-refractivity contribution in [1.82, 2.24) is 4.72 Å². The maximum Gasteiger partial charge on any atom is 0.255 e. The minimum absolute atomic E-state index is 0.209. The minimum atomic E-state index is -3.75. The summed E-state index contributed by atoms with van der Waals surface area (Å²) in [4.78, 5) is 13.1. The molecule has 1 fully saturated rings. The largest absolute Gasteiger partial charge is 0.321 e. The molecule has 1 amide bonds. The van der Waals surface area contributed by atoms with Gasteiger partial charge in [-0.3, -0.25) is 4.79 Å². The fourth-order valence-electron chi connectivity index (χ4n) is 4.50. The first kappa shape index (κ1) is 23.2. The maximum absolute atomic E-state index is 13.3. The van der Waals surface area contributed by atoms with Crippen molar-refractivity contribution in [1.29, 1.82) is 0 Å². The highest BCUT2D eigenvalue weighted by Crippen LogP contribution is 2.30. The number of carbonyl (C=O) groups excluding carboxylic acids is 1. The molecule has 33 heavy (non-hydrogen) atoms. The first-order valence-electron chi connectivity index (χ1n) is 11.5. The summed E-state index contributed by atoms with van der Waals surface area (Å²) in [6.07, 6.45) is 7.73.